The summed E-state index contributed by atoms with van der Waals surface area (Å²) in [6.45, 7) is 0. The zero-order valence-electron chi connectivity index (χ0n) is 5.66. The molecule has 4 nitrogen and oxygen atoms in total. The molecule has 0 spiro atoms. The van der Waals surface area contributed by atoms with Gasteiger partial charge < -0.3 is 20.4 Å². The van der Waals surface area contributed by atoms with Crippen LogP contribution in [-0.4, -0.2) is 31.0 Å². The third-order valence-corrected chi connectivity index (χ3v) is 2.79. The second-order valence-corrected chi connectivity index (χ2v) is 3.63. The van der Waals surface area contributed by atoms with Crippen molar-refractivity contribution in [2.75, 3.05) is 0 Å². The quantitative estimate of drug-likeness (QED) is 0.358. The van der Waals surface area contributed by atoms with Gasteiger partial charge >= 0.3 is 0 Å². The van der Waals surface area contributed by atoms with Gasteiger partial charge in [-0.15, -0.1) is 0 Å². The van der Waals surface area contributed by atoms with Crippen molar-refractivity contribution in [1.29, 1.82) is 0 Å². The first-order valence-corrected chi connectivity index (χ1v) is 4.08. The first-order chi connectivity index (χ1) is 4.96. The summed E-state index contributed by atoms with van der Waals surface area (Å²) in [5.74, 6) is -3.45. The highest BCUT2D eigenvalue weighted by Crippen LogP contribution is 2.33. The highest BCUT2D eigenvalue weighted by molar-refractivity contribution is 9.09. The van der Waals surface area contributed by atoms with Crippen LogP contribution in [0, 0.1) is 0 Å². The fourth-order valence-corrected chi connectivity index (χ4v) is 1.39. The summed E-state index contributed by atoms with van der Waals surface area (Å²) in [6.07, 6.45) is 0.632. The van der Waals surface area contributed by atoms with E-state index in [4.69, 9.17) is 20.4 Å². The second-order valence-electron chi connectivity index (χ2n) is 2.53. The van der Waals surface area contributed by atoms with Gasteiger partial charge in [-0.3, -0.25) is 0 Å². The SMILES string of the molecule is OC1=C(O)C(O)(O)C(Br)CC1. The van der Waals surface area contributed by atoms with Gasteiger partial charge in [-0.25, -0.2) is 0 Å². The first kappa shape index (κ1) is 8.83. The number of allylic oxidation sites excluding steroid dienone is 1. The van der Waals surface area contributed by atoms with Gasteiger partial charge in [-0.05, 0) is 6.42 Å². The van der Waals surface area contributed by atoms with E-state index in [1.165, 1.54) is 0 Å². The van der Waals surface area contributed by atoms with Gasteiger partial charge in [-0.1, -0.05) is 15.9 Å². The summed E-state index contributed by atoms with van der Waals surface area (Å²) in [5.41, 5.74) is 0. The average Bonchev–Trinajstić information content (AvgIpc) is 1.95. The Kier molecular flexibility index (Phi) is 2.13. The van der Waals surface area contributed by atoms with Crippen LogP contribution in [0.25, 0.3) is 0 Å². The van der Waals surface area contributed by atoms with E-state index >= 15 is 0 Å². The van der Waals surface area contributed by atoms with E-state index in [-0.39, 0.29) is 12.2 Å². The highest BCUT2D eigenvalue weighted by Gasteiger charge is 2.42. The number of hydrogen-bond donors (Lipinski definition) is 4. The van der Waals surface area contributed by atoms with E-state index < -0.39 is 16.4 Å². The normalized spacial score (nSPS) is 30.6. The molecule has 5 heteroatoms. The number of halogens is 1. The molecule has 1 aliphatic carbocycles. The lowest BCUT2D eigenvalue weighted by Gasteiger charge is -2.30. The van der Waals surface area contributed by atoms with Crippen molar-refractivity contribution in [3.05, 3.63) is 11.5 Å². The van der Waals surface area contributed by atoms with Crippen LogP contribution in [0.2, 0.25) is 0 Å². The van der Waals surface area contributed by atoms with Crippen LogP contribution >= 0.6 is 15.9 Å². The molecule has 0 radical (unpaired) electrons. The lowest BCUT2D eigenvalue weighted by atomic mass is 9.98. The lowest BCUT2D eigenvalue weighted by Crippen LogP contribution is -2.43. The topological polar surface area (TPSA) is 80.9 Å². The number of rotatable bonds is 0. The largest absolute Gasteiger partial charge is 0.509 e. The molecule has 0 aromatic heterocycles. The molecule has 0 bridgehead atoms. The predicted octanol–water partition coefficient (Wildman–Crippen LogP) is 0.552. The summed E-state index contributed by atoms with van der Waals surface area (Å²) in [5, 5.41) is 36.1. The van der Waals surface area contributed by atoms with Crippen molar-refractivity contribution in [1.82, 2.24) is 0 Å². The molecule has 0 aromatic rings. The Balaban J connectivity index is 2.98. The van der Waals surface area contributed by atoms with Gasteiger partial charge in [0.15, 0.2) is 5.76 Å². The van der Waals surface area contributed by atoms with Crippen LogP contribution in [0.3, 0.4) is 0 Å². The Morgan fingerprint density at radius 1 is 1.36 bits per heavy atom. The highest BCUT2D eigenvalue weighted by atomic mass is 79.9. The minimum absolute atomic E-state index is 0.255. The maximum absolute atomic E-state index is 9.12. The van der Waals surface area contributed by atoms with Crippen molar-refractivity contribution in [3.63, 3.8) is 0 Å². The van der Waals surface area contributed by atoms with Gasteiger partial charge in [0.1, 0.15) is 5.76 Å². The van der Waals surface area contributed by atoms with Crippen LogP contribution in [0.4, 0.5) is 0 Å². The smallest absolute Gasteiger partial charge is 0.239 e. The number of alkyl halides is 1. The molecule has 0 aromatic carbocycles. The Hall–Kier alpha value is -0.260. The Bertz CT molecular complexity index is 199. The second kappa shape index (κ2) is 2.66. The van der Waals surface area contributed by atoms with E-state index in [1.54, 1.807) is 0 Å². The third kappa shape index (κ3) is 1.36. The van der Waals surface area contributed by atoms with E-state index in [9.17, 15) is 0 Å². The monoisotopic (exact) mass is 224 g/mol. The molecule has 11 heavy (non-hydrogen) atoms. The van der Waals surface area contributed by atoms with Crippen molar-refractivity contribution in [3.8, 4) is 0 Å². The summed E-state index contributed by atoms with van der Waals surface area (Å²) in [6, 6.07) is 0. The predicted molar refractivity (Wildman–Crippen MR) is 41.4 cm³/mol. The number of aliphatic hydroxyl groups is 4. The Labute approximate surface area is 71.9 Å². The summed E-state index contributed by atoms with van der Waals surface area (Å²) < 4.78 is 0. The standard InChI is InChI=1S/C6H9BrO4/c7-4-2-1-3(8)5(9)6(4,10)11/h4,8-11H,1-2H2. The van der Waals surface area contributed by atoms with Crippen LogP contribution in [0.15, 0.2) is 11.5 Å². The van der Waals surface area contributed by atoms with E-state index in [0.29, 0.717) is 6.42 Å². The maximum Gasteiger partial charge on any atom is 0.239 e. The fraction of sp³-hybridized carbons (Fsp3) is 0.667. The van der Waals surface area contributed by atoms with Gasteiger partial charge in [0.05, 0.1) is 4.83 Å². The molecule has 1 rings (SSSR count). The van der Waals surface area contributed by atoms with Crippen molar-refractivity contribution in [2.45, 2.75) is 23.5 Å². The van der Waals surface area contributed by atoms with Gasteiger partial charge in [-0.2, -0.15) is 0 Å². The fourth-order valence-electron chi connectivity index (χ4n) is 0.944. The van der Waals surface area contributed by atoms with Crippen LogP contribution in [0.5, 0.6) is 0 Å². The van der Waals surface area contributed by atoms with Crippen LogP contribution in [0.1, 0.15) is 12.8 Å². The zero-order chi connectivity index (χ0) is 8.65. The molecule has 1 aliphatic rings. The number of aliphatic hydroxyl groups excluding tert-OH is 2. The molecule has 0 saturated heterocycles. The zero-order valence-corrected chi connectivity index (χ0v) is 7.24. The van der Waals surface area contributed by atoms with Crippen molar-refractivity contribution in [2.24, 2.45) is 0 Å². The van der Waals surface area contributed by atoms with Crippen LogP contribution < -0.4 is 0 Å². The molecule has 4 N–H and O–H groups in total. The summed E-state index contributed by atoms with van der Waals surface area (Å²) in [4.78, 5) is -0.633. The minimum Gasteiger partial charge on any atom is -0.509 e. The molecule has 0 aliphatic heterocycles. The molecule has 64 valence electrons. The molecule has 0 heterocycles. The Morgan fingerprint density at radius 3 is 2.36 bits per heavy atom. The van der Waals surface area contributed by atoms with Crippen molar-refractivity contribution < 1.29 is 20.4 Å². The molecule has 1 unspecified atom stereocenters. The molecule has 0 fully saturated rings. The summed E-state index contributed by atoms with van der Waals surface area (Å²) >= 11 is 2.97. The molecule has 1 atom stereocenters. The van der Waals surface area contributed by atoms with Gasteiger partial charge in [0.25, 0.3) is 0 Å². The molecular weight excluding hydrogens is 216 g/mol. The third-order valence-electron chi connectivity index (χ3n) is 1.69. The van der Waals surface area contributed by atoms with E-state index in [1.807, 2.05) is 0 Å². The van der Waals surface area contributed by atoms with E-state index in [2.05, 4.69) is 15.9 Å². The molecule has 0 saturated carbocycles. The van der Waals surface area contributed by atoms with Gasteiger partial charge in [0.2, 0.25) is 5.79 Å². The van der Waals surface area contributed by atoms with E-state index in [0.717, 1.165) is 0 Å². The van der Waals surface area contributed by atoms with Crippen molar-refractivity contribution >= 4 is 15.9 Å². The first-order valence-electron chi connectivity index (χ1n) is 3.16. The minimum atomic E-state index is -2.33. The molecular formula is C6H9BrO4. The Morgan fingerprint density at radius 2 is 1.91 bits per heavy atom. The van der Waals surface area contributed by atoms with Gasteiger partial charge in [0, 0.05) is 6.42 Å². The maximum atomic E-state index is 9.12. The number of hydrogen-bond acceptors (Lipinski definition) is 4. The van der Waals surface area contributed by atoms with Crippen LogP contribution in [-0.2, 0) is 0 Å². The molecule has 0 amide bonds. The lowest BCUT2D eigenvalue weighted by molar-refractivity contribution is -0.159. The average molecular weight is 225 g/mol. The summed E-state index contributed by atoms with van der Waals surface area (Å²) in [7, 11) is 0.